The lowest BCUT2D eigenvalue weighted by Crippen LogP contribution is -2.37. The first kappa shape index (κ1) is 25.1. The molecule has 0 aliphatic carbocycles. The summed E-state index contributed by atoms with van der Waals surface area (Å²) in [4.78, 5) is 13.0. The molecule has 8 nitrogen and oxygen atoms in total. The van der Waals surface area contributed by atoms with Gasteiger partial charge in [0.2, 0.25) is 10.9 Å². The zero-order chi connectivity index (χ0) is 25.9. The molecule has 0 unspecified atom stereocenters. The molecular formula is C25H18Cl2N6O2S2. The van der Waals surface area contributed by atoms with Gasteiger partial charge in [-0.25, -0.2) is 0 Å². The van der Waals surface area contributed by atoms with Gasteiger partial charge in [-0.3, -0.25) is 10.1 Å². The van der Waals surface area contributed by atoms with Crippen molar-refractivity contribution in [2.45, 2.75) is 13.5 Å². The summed E-state index contributed by atoms with van der Waals surface area (Å²) in [5.41, 5.74) is 2.65. The number of halogens is 2. The normalized spacial score (nSPS) is 11.3. The molecule has 1 amide bonds. The molecule has 3 heterocycles. The smallest absolute Gasteiger partial charge is 0.250 e. The Morgan fingerprint density at radius 3 is 2.73 bits per heavy atom. The summed E-state index contributed by atoms with van der Waals surface area (Å²) in [6.07, 6.45) is 2.89. The van der Waals surface area contributed by atoms with Gasteiger partial charge in [-0.1, -0.05) is 64.9 Å². The van der Waals surface area contributed by atoms with Gasteiger partial charge in [0.15, 0.2) is 10.9 Å². The van der Waals surface area contributed by atoms with Gasteiger partial charge in [0.25, 0.3) is 0 Å². The monoisotopic (exact) mass is 568 g/mol. The van der Waals surface area contributed by atoms with Crippen LogP contribution in [0.3, 0.4) is 0 Å². The summed E-state index contributed by atoms with van der Waals surface area (Å²) in [7, 11) is 0. The average Bonchev–Trinajstić information content (AvgIpc) is 3.61. The molecule has 0 bridgehead atoms. The highest BCUT2D eigenvalue weighted by Gasteiger charge is 2.12. The van der Waals surface area contributed by atoms with E-state index in [1.54, 1.807) is 40.9 Å². The van der Waals surface area contributed by atoms with Gasteiger partial charge in [0.1, 0.15) is 16.5 Å². The molecule has 186 valence electrons. The third-order valence-electron chi connectivity index (χ3n) is 5.28. The number of hydrogen-bond donors (Lipinski definition) is 2. The Balaban J connectivity index is 1.12. The zero-order valence-corrected chi connectivity index (χ0v) is 22.4. The lowest BCUT2D eigenvalue weighted by molar-refractivity contribution is -0.115. The van der Waals surface area contributed by atoms with Crippen molar-refractivity contribution in [2.75, 3.05) is 0 Å². The van der Waals surface area contributed by atoms with E-state index in [0.29, 0.717) is 33.7 Å². The molecule has 2 N–H and O–H groups in total. The number of nitrogens with zero attached hydrogens (tertiary/aromatic N) is 4. The van der Waals surface area contributed by atoms with Gasteiger partial charge in [-0.15, -0.1) is 10.2 Å². The number of rotatable bonds is 6. The summed E-state index contributed by atoms with van der Waals surface area (Å²) in [5.74, 6) is 1.40. The van der Waals surface area contributed by atoms with E-state index in [1.807, 2.05) is 31.2 Å². The quantitative estimate of drug-likeness (QED) is 0.193. The molecule has 0 saturated carbocycles. The number of hydrogen-bond acceptors (Lipinski definition) is 7. The summed E-state index contributed by atoms with van der Waals surface area (Å²) < 4.78 is 7.48. The first-order valence-electron chi connectivity index (χ1n) is 11.0. The number of aromatic nitrogens is 4. The molecule has 0 fully saturated rings. The number of fused-ring (bicyclic) bond motifs is 1. The molecule has 0 radical (unpaired) electrons. The van der Waals surface area contributed by atoms with Gasteiger partial charge in [0.05, 0.1) is 10.0 Å². The van der Waals surface area contributed by atoms with Crippen molar-refractivity contribution in [3.63, 3.8) is 0 Å². The van der Waals surface area contributed by atoms with Gasteiger partial charge < -0.3 is 9.73 Å². The van der Waals surface area contributed by atoms with E-state index in [1.165, 1.54) is 17.4 Å². The van der Waals surface area contributed by atoms with Crippen LogP contribution in [-0.4, -0.2) is 30.8 Å². The predicted molar refractivity (Wildman–Crippen MR) is 150 cm³/mol. The van der Waals surface area contributed by atoms with E-state index < -0.39 is 0 Å². The molecule has 5 aromatic rings. The fourth-order valence-electron chi connectivity index (χ4n) is 3.42. The summed E-state index contributed by atoms with van der Waals surface area (Å²) in [6.45, 7) is 2.32. The third-order valence-corrected chi connectivity index (χ3v) is 7.29. The Kier molecular flexibility index (Phi) is 7.33. The van der Waals surface area contributed by atoms with E-state index in [9.17, 15) is 4.79 Å². The topological polar surface area (TPSA) is 97.3 Å². The second kappa shape index (κ2) is 10.8. The molecule has 0 aliphatic rings. The summed E-state index contributed by atoms with van der Waals surface area (Å²) in [5, 5.41) is 20.2. The van der Waals surface area contributed by atoms with Gasteiger partial charge >= 0.3 is 0 Å². The minimum absolute atomic E-state index is 0.216. The Bertz CT molecular complexity index is 1640. The van der Waals surface area contributed by atoms with E-state index in [-0.39, 0.29) is 11.0 Å². The molecule has 5 rings (SSSR count). The third kappa shape index (κ3) is 5.72. The molecular weight excluding hydrogens is 551 g/mol. The number of aryl methyl sites for hydroxylation is 1. The average molecular weight is 569 g/mol. The Hall–Kier alpha value is -3.57. The lowest BCUT2D eigenvalue weighted by atomic mass is 10.1. The molecule has 0 spiro atoms. The second-order valence-corrected chi connectivity index (χ2v) is 10.0. The highest BCUT2D eigenvalue weighted by atomic mass is 35.5. The fourth-order valence-corrected chi connectivity index (χ4v) is 4.87. The summed E-state index contributed by atoms with van der Waals surface area (Å²) in [6, 6.07) is 16.7. The highest BCUT2D eigenvalue weighted by molar-refractivity contribution is 7.80. The fraction of sp³-hybridized carbons (Fsp3) is 0.0800. The minimum Gasteiger partial charge on any atom is -0.457 e. The number of carbonyl (C=O) groups excluding carboxylic acids is 1. The van der Waals surface area contributed by atoms with Crippen molar-refractivity contribution in [1.29, 1.82) is 0 Å². The van der Waals surface area contributed by atoms with Crippen molar-refractivity contribution in [1.82, 2.24) is 30.4 Å². The largest absolute Gasteiger partial charge is 0.457 e. The van der Waals surface area contributed by atoms with E-state index in [2.05, 4.69) is 25.9 Å². The molecule has 2 aromatic carbocycles. The van der Waals surface area contributed by atoms with Crippen LogP contribution in [0.1, 0.15) is 17.1 Å². The standard InChI is InChI=1S/C25H18Cl2N6O2S2/c1-14-30-31-25-33(14)32-23(37-25)16-7-5-15(6-8-16)13-28-24(36)29-21(34)12-10-17-9-11-20(35-17)18-3-2-4-19(26)22(18)27/h2-12H,13H2,1H3,(H2,28,29,34,36)/b12-10+. The van der Waals surface area contributed by atoms with Crippen LogP contribution >= 0.6 is 46.8 Å². The van der Waals surface area contributed by atoms with Gasteiger partial charge in [-0.2, -0.15) is 9.61 Å². The van der Waals surface area contributed by atoms with Crippen LogP contribution in [0.4, 0.5) is 0 Å². The Morgan fingerprint density at radius 1 is 1.14 bits per heavy atom. The van der Waals surface area contributed by atoms with Gasteiger partial charge in [-0.05, 0) is 55.0 Å². The number of benzene rings is 2. The van der Waals surface area contributed by atoms with E-state index >= 15 is 0 Å². The molecule has 0 saturated heterocycles. The summed E-state index contributed by atoms with van der Waals surface area (Å²) >= 11 is 19.0. The van der Waals surface area contributed by atoms with Crippen molar-refractivity contribution in [3.8, 4) is 21.9 Å². The Morgan fingerprint density at radius 2 is 1.95 bits per heavy atom. The molecule has 37 heavy (non-hydrogen) atoms. The number of amides is 1. The number of thiocarbonyl (C=S) groups is 1. The van der Waals surface area contributed by atoms with Crippen molar-refractivity contribution >= 4 is 68.8 Å². The maximum Gasteiger partial charge on any atom is 0.250 e. The number of nitrogens with one attached hydrogen (secondary N) is 2. The Labute approximate surface area is 230 Å². The van der Waals surface area contributed by atoms with Crippen molar-refractivity contribution in [3.05, 3.63) is 87.9 Å². The van der Waals surface area contributed by atoms with E-state index in [0.717, 1.165) is 26.9 Å². The van der Waals surface area contributed by atoms with Gasteiger partial charge in [0, 0.05) is 23.7 Å². The van der Waals surface area contributed by atoms with Crippen molar-refractivity contribution in [2.24, 2.45) is 0 Å². The van der Waals surface area contributed by atoms with Crippen molar-refractivity contribution < 1.29 is 9.21 Å². The van der Waals surface area contributed by atoms with Crippen LogP contribution in [-0.2, 0) is 11.3 Å². The first-order chi connectivity index (χ1) is 17.9. The zero-order valence-electron chi connectivity index (χ0n) is 19.2. The van der Waals surface area contributed by atoms with Crippen LogP contribution < -0.4 is 10.6 Å². The first-order valence-corrected chi connectivity index (χ1v) is 12.9. The minimum atomic E-state index is -0.384. The molecule has 0 aliphatic heterocycles. The maximum atomic E-state index is 12.3. The van der Waals surface area contributed by atoms with Crippen LogP contribution in [0.25, 0.3) is 32.9 Å². The highest BCUT2D eigenvalue weighted by Crippen LogP contribution is 2.34. The molecule has 0 atom stereocenters. The predicted octanol–water partition coefficient (Wildman–Crippen LogP) is 5.93. The van der Waals surface area contributed by atoms with Crippen LogP contribution in [0.15, 0.2) is 65.1 Å². The molecule has 3 aromatic heterocycles. The lowest BCUT2D eigenvalue weighted by Gasteiger charge is -2.08. The maximum absolute atomic E-state index is 12.3. The second-order valence-electron chi connectivity index (χ2n) is 7.85. The molecule has 12 heteroatoms. The van der Waals surface area contributed by atoms with Crippen LogP contribution in [0, 0.1) is 6.92 Å². The SMILES string of the molecule is Cc1nnc2sc(-c3ccc(CNC(=S)NC(=O)/C=C/c4ccc(-c5cccc(Cl)c5Cl)o4)cc3)nn12. The number of furan rings is 1. The van der Waals surface area contributed by atoms with Crippen LogP contribution in [0.5, 0.6) is 0 Å². The van der Waals surface area contributed by atoms with Crippen LogP contribution in [0.2, 0.25) is 10.0 Å². The number of carbonyl (C=O) groups is 1. The van der Waals surface area contributed by atoms with E-state index in [4.69, 9.17) is 39.8 Å².